The van der Waals surface area contributed by atoms with Crippen molar-refractivity contribution in [2.45, 2.75) is 31.5 Å². The van der Waals surface area contributed by atoms with Gasteiger partial charge in [-0.25, -0.2) is 9.67 Å². The predicted octanol–water partition coefficient (Wildman–Crippen LogP) is 4.27. The van der Waals surface area contributed by atoms with Gasteiger partial charge in [-0.15, -0.1) is 0 Å². The Bertz CT molecular complexity index is 982. The first kappa shape index (κ1) is 19.2. The maximum Gasteiger partial charge on any atom is 0.416 e. The highest BCUT2D eigenvalue weighted by atomic mass is 19.4. The number of hydrogen-bond donors (Lipinski definition) is 1. The molecule has 0 aliphatic heterocycles. The van der Waals surface area contributed by atoms with E-state index < -0.39 is 11.7 Å². The lowest BCUT2D eigenvalue weighted by atomic mass is 10.1. The second-order valence-corrected chi connectivity index (χ2v) is 7.23. The summed E-state index contributed by atoms with van der Waals surface area (Å²) in [4.78, 5) is 16.4. The van der Waals surface area contributed by atoms with Crippen molar-refractivity contribution in [2.24, 2.45) is 5.92 Å². The Balaban J connectivity index is 1.35. The number of nitrogens with one attached hydrogen (secondary N) is 1. The Morgan fingerprint density at radius 1 is 1.14 bits per heavy atom. The minimum absolute atomic E-state index is 0.0285. The molecule has 29 heavy (non-hydrogen) atoms. The van der Waals surface area contributed by atoms with E-state index in [0.717, 1.165) is 28.9 Å². The number of rotatable bonds is 5. The molecular formula is C21H19F3N4O. The lowest BCUT2D eigenvalue weighted by Crippen LogP contribution is -2.28. The number of hydrogen-bond acceptors (Lipinski definition) is 3. The highest BCUT2D eigenvalue weighted by molar-refractivity contribution is 5.83. The van der Waals surface area contributed by atoms with Crippen molar-refractivity contribution in [3.63, 3.8) is 0 Å². The average molecular weight is 400 g/mol. The molecule has 0 saturated heterocycles. The predicted molar refractivity (Wildman–Crippen MR) is 100 cm³/mol. The summed E-state index contributed by atoms with van der Waals surface area (Å²) in [5, 5.41) is 7.06. The van der Waals surface area contributed by atoms with Gasteiger partial charge in [0.2, 0.25) is 5.91 Å². The standard InChI is InChI=1S/C21H19F3N4O/c1-13(14-4-8-17(9-5-14)28-12-25-11-26-28)27-20(29)19-10-18(19)15-2-6-16(7-3-15)21(22,23)24/h2-9,11-13,18-19H,10H2,1H3,(H,27,29). The second-order valence-electron chi connectivity index (χ2n) is 7.23. The molecule has 1 N–H and O–H groups in total. The van der Waals surface area contributed by atoms with Crippen molar-refractivity contribution in [3.8, 4) is 5.69 Å². The van der Waals surface area contributed by atoms with Crippen LogP contribution in [0.5, 0.6) is 0 Å². The van der Waals surface area contributed by atoms with Gasteiger partial charge >= 0.3 is 6.18 Å². The largest absolute Gasteiger partial charge is 0.416 e. The van der Waals surface area contributed by atoms with Crippen LogP contribution in [-0.2, 0) is 11.0 Å². The van der Waals surface area contributed by atoms with E-state index in [1.165, 1.54) is 18.5 Å². The van der Waals surface area contributed by atoms with Gasteiger partial charge in [0, 0.05) is 5.92 Å². The Kier molecular flexibility index (Phi) is 4.86. The van der Waals surface area contributed by atoms with Gasteiger partial charge in [0.1, 0.15) is 12.7 Å². The molecule has 1 amide bonds. The average Bonchev–Trinajstić information content (AvgIpc) is 3.32. The minimum atomic E-state index is -4.35. The SMILES string of the molecule is CC(NC(=O)C1CC1c1ccc(C(F)(F)F)cc1)c1ccc(-n2cncn2)cc1. The van der Waals surface area contributed by atoms with Crippen molar-refractivity contribution in [1.29, 1.82) is 0 Å². The fraction of sp³-hybridized carbons (Fsp3) is 0.286. The topological polar surface area (TPSA) is 59.8 Å². The molecular weight excluding hydrogens is 381 g/mol. The number of halogens is 3. The molecule has 2 aromatic carbocycles. The highest BCUT2D eigenvalue weighted by Gasteiger charge is 2.44. The Labute approximate surface area is 165 Å². The van der Waals surface area contributed by atoms with Crippen LogP contribution in [0.4, 0.5) is 13.2 Å². The molecule has 0 radical (unpaired) electrons. The molecule has 150 valence electrons. The van der Waals surface area contributed by atoms with Crippen LogP contribution in [0, 0.1) is 5.92 Å². The third-order valence-electron chi connectivity index (χ3n) is 5.23. The van der Waals surface area contributed by atoms with Crippen LogP contribution in [0.25, 0.3) is 5.69 Å². The van der Waals surface area contributed by atoms with Crippen LogP contribution in [0.3, 0.4) is 0 Å². The van der Waals surface area contributed by atoms with Gasteiger partial charge in [0.15, 0.2) is 0 Å². The lowest BCUT2D eigenvalue weighted by Gasteiger charge is -2.15. The first-order valence-corrected chi connectivity index (χ1v) is 9.25. The van der Waals surface area contributed by atoms with E-state index in [-0.39, 0.29) is 23.8 Å². The molecule has 4 rings (SSSR count). The Morgan fingerprint density at radius 3 is 2.41 bits per heavy atom. The van der Waals surface area contributed by atoms with E-state index >= 15 is 0 Å². The first-order valence-electron chi connectivity index (χ1n) is 9.25. The van der Waals surface area contributed by atoms with Crippen LogP contribution in [-0.4, -0.2) is 20.7 Å². The number of carbonyl (C=O) groups excluding carboxylic acids is 1. The lowest BCUT2D eigenvalue weighted by molar-refractivity contribution is -0.137. The molecule has 5 nitrogen and oxygen atoms in total. The maximum atomic E-state index is 12.7. The molecule has 1 heterocycles. The third-order valence-corrected chi connectivity index (χ3v) is 5.23. The summed E-state index contributed by atoms with van der Waals surface area (Å²) in [6.45, 7) is 1.90. The van der Waals surface area contributed by atoms with Crippen molar-refractivity contribution in [1.82, 2.24) is 20.1 Å². The molecule has 0 spiro atoms. The van der Waals surface area contributed by atoms with Gasteiger partial charge in [-0.2, -0.15) is 18.3 Å². The Morgan fingerprint density at radius 2 is 1.83 bits per heavy atom. The summed E-state index contributed by atoms with van der Waals surface area (Å²) in [7, 11) is 0. The first-order chi connectivity index (χ1) is 13.8. The van der Waals surface area contributed by atoms with Gasteiger partial charge in [-0.05, 0) is 54.7 Å². The fourth-order valence-corrected chi connectivity index (χ4v) is 3.43. The molecule has 1 aliphatic rings. The highest BCUT2D eigenvalue weighted by Crippen LogP contribution is 2.48. The quantitative estimate of drug-likeness (QED) is 0.696. The zero-order valence-electron chi connectivity index (χ0n) is 15.6. The number of alkyl halides is 3. The summed E-state index contributed by atoms with van der Waals surface area (Å²) in [5.41, 5.74) is 1.91. The molecule has 3 unspecified atom stereocenters. The number of amides is 1. The van der Waals surface area contributed by atoms with Gasteiger partial charge in [-0.3, -0.25) is 4.79 Å². The summed E-state index contributed by atoms with van der Waals surface area (Å²) < 4.78 is 39.7. The van der Waals surface area contributed by atoms with Crippen LogP contribution in [0.15, 0.2) is 61.2 Å². The van der Waals surface area contributed by atoms with E-state index in [1.54, 1.807) is 11.0 Å². The summed E-state index contributed by atoms with van der Waals surface area (Å²) in [6.07, 6.45) is -0.638. The van der Waals surface area contributed by atoms with Gasteiger partial charge in [0.25, 0.3) is 0 Å². The molecule has 1 aliphatic carbocycles. The smallest absolute Gasteiger partial charge is 0.349 e. The van der Waals surface area contributed by atoms with E-state index in [0.29, 0.717) is 6.42 Å². The molecule has 8 heteroatoms. The van der Waals surface area contributed by atoms with Crippen LogP contribution in [0.2, 0.25) is 0 Å². The number of benzene rings is 2. The fourth-order valence-electron chi connectivity index (χ4n) is 3.43. The van der Waals surface area contributed by atoms with Crippen LogP contribution in [0.1, 0.15) is 42.0 Å². The van der Waals surface area contributed by atoms with Crippen LogP contribution >= 0.6 is 0 Å². The van der Waals surface area contributed by atoms with Gasteiger partial charge < -0.3 is 5.32 Å². The molecule has 1 saturated carbocycles. The summed E-state index contributed by atoms with van der Waals surface area (Å²) >= 11 is 0. The molecule has 1 aromatic heterocycles. The van der Waals surface area contributed by atoms with Crippen molar-refractivity contribution in [3.05, 3.63) is 77.9 Å². The number of carbonyl (C=O) groups is 1. The zero-order valence-corrected chi connectivity index (χ0v) is 15.6. The van der Waals surface area contributed by atoms with E-state index in [4.69, 9.17) is 0 Å². The summed E-state index contributed by atoms with van der Waals surface area (Å²) in [6, 6.07) is 12.5. The van der Waals surface area contributed by atoms with Gasteiger partial charge in [-0.1, -0.05) is 24.3 Å². The summed E-state index contributed by atoms with van der Waals surface area (Å²) in [5.74, 6) is -0.314. The normalized spacial score (nSPS) is 19.6. The molecule has 3 aromatic rings. The second kappa shape index (κ2) is 7.35. The van der Waals surface area contributed by atoms with E-state index in [2.05, 4.69) is 15.4 Å². The molecule has 0 bridgehead atoms. The van der Waals surface area contributed by atoms with E-state index in [9.17, 15) is 18.0 Å². The zero-order chi connectivity index (χ0) is 20.6. The van der Waals surface area contributed by atoms with Crippen LogP contribution < -0.4 is 5.32 Å². The number of nitrogens with zero attached hydrogens (tertiary/aromatic N) is 3. The van der Waals surface area contributed by atoms with Crippen molar-refractivity contribution < 1.29 is 18.0 Å². The van der Waals surface area contributed by atoms with Gasteiger partial charge in [0.05, 0.1) is 17.3 Å². The maximum absolute atomic E-state index is 12.7. The minimum Gasteiger partial charge on any atom is -0.349 e. The van der Waals surface area contributed by atoms with Crippen molar-refractivity contribution >= 4 is 5.91 Å². The monoisotopic (exact) mass is 400 g/mol. The van der Waals surface area contributed by atoms with E-state index in [1.807, 2.05) is 31.2 Å². The third kappa shape index (κ3) is 4.16. The van der Waals surface area contributed by atoms with Crippen molar-refractivity contribution in [2.75, 3.05) is 0 Å². The number of aromatic nitrogens is 3. The molecule has 1 fully saturated rings. The molecule has 3 atom stereocenters. The Hall–Kier alpha value is -3.16.